The number of aryl methyl sites for hydroxylation is 2. The Morgan fingerprint density at radius 1 is 0.920 bits per heavy atom. The monoisotopic (exact) mass is 331 g/mol. The molecule has 4 rings (SSSR count). The summed E-state index contributed by atoms with van der Waals surface area (Å²) < 4.78 is 5.47. The van der Waals surface area contributed by atoms with Crippen LogP contribution >= 0.6 is 0 Å². The van der Waals surface area contributed by atoms with Crippen LogP contribution in [-0.2, 0) is 25.9 Å². The molecule has 1 aliphatic carbocycles. The molecule has 1 amide bonds. The Balaban J connectivity index is 1.61. The maximum Gasteiger partial charge on any atom is 0.254 e. The third-order valence-corrected chi connectivity index (χ3v) is 4.78. The molecule has 1 heterocycles. The summed E-state index contributed by atoms with van der Waals surface area (Å²) in [5.74, 6) is 0.848. The Hall–Kier alpha value is -2.81. The fourth-order valence-corrected chi connectivity index (χ4v) is 3.48. The largest absolute Gasteiger partial charge is 0.467 e. The van der Waals surface area contributed by atoms with Crippen molar-refractivity contribution in [2.24, 2.45) is 0 Å². The van der Waals surface area contributed by atoms with E-state index in [0.717, 1.165) is 29.7 Å². The number of benzene rings is 2. The zero-order chi connectivity index (χ0) is 17.1. The van der Waals surface area contributed by atoms with Crippen LogP contribution in [0.3, 0.4) is 0 Å². The minimum absolute atomic E-state index is 0.0509. The maximum absolute atomic E-state index is 13.2. The van der Waals surface area contributed by atoms with Crippen molar-refractivity contribution in [2.75, 3.05) is 0 Å². The number of carbonyl (C=O) groups excluding carboxylic acids is 1. The number of fused-ring (bicyclic) bond motifs is 1. The molecule has 1 aromatic heterocycles. The minimum Gasteiger partial charge on any atom is -0.467 e. The van der Waals surface area contributed by atoms with Gasteiger partial charge < -0.3 is 9.32 Å². The van der Waals surface area contributed by atoms with E-state index in [9.17, 15) is 4.79 Å². The minimum atomic E-state index is 0.0509. The zero-order valence-corrected chi connectivity index (χ0v) is 14.2. The first-order chi connectivity index (χ1) is 12.3. The first kappa shape index (κ1) is 15.7. The van der Waals surface area contributed by atoms with Crippen molar-refractivity contribution in [3.63, 3.8) is 0 Å². The van der Waals surface area contributed by atoms with E-state index >= 15 is 0 Å². The molecular weight excluding hydrogens is 310 g/mol. The number of furan rings is 1. The molecule has 0 unspecified atom stereocenters. The molecule has 3 nitrogen and oxygen atoms in total. The average molecular weight is 331 g/mol. The molecule has 0 saturated heterocycles. The van der Waals surface area contributed by atoms with E-state index in [1.165, 1.54) is 17.5 Å². The van der Waals surface area contributed by atoms with Crippen LogP contribution in [0.5, 0.6) is 0 Å². The van der Waals surface area contributed by atoms with E-state index < -0.39 is 0 Å². The molecule has 25 heavy (non-hydrogen) atoms. The topological polar surface area (TPSA) is 33.5 Å². The molecule has 3 heteroatoms. The zero-order valence-electron chi connectivity index (χ0n) is 14.2. The van der Waals surface area contributed by atoms with Crippen LogP contribution in [0.2, 0.25) is 0 Å². The Labute approximate surface area is 147 Å². The number of amides is 1. The van der Waals surface area contributed by atoms with Gasteiger partial charge in [-0.1, -0.05) is 36.4 Å². The molecule has 1 aliphatic rings. The van der Waals surface area contributed by atoms with E-state index in [1.807, 2.05) is 53.4 Å². The van der Waals surface area contributed by atoms with E-state index in [1.54, 1.807) is 6.26 Å². The van der Waals surface area contributed by atoms with Crippen molar-refractivity contribution >= 4 is 5.91 Å². The fraction of sp³-hybridized carbons (Fsp3) is 0.227. The summed E-state index contributed by atoms with van der Waals surface area (Å²) in [6.45, 7) is 1.04. The summed E-state index contributed by atoms with van der Waals surface area (Å²) in [6.07, 6.45) is 5.04. The fourth-order valence-electron chi connectivity index (χ4n) is 3.48. The second kappa shape index (κ2) is 6.98. The number of rotatable bonds is 5. The third kappa shape index (κ3) is 3.50. The smallest absolute Gasteiger partial charge is 0.254 e. The Kier molecular flexibility index (Phi) is 4.38. The Morgan fingerprint density at radius 2 is 1.76 bits per heavy atom. The van der Waals surface area contributed by atoms with Gasteiger partial charge >= 0.3 is 0 Å². The molecule has 0 spiro atoms. The number of carbonyl (C=O) groups is 1. The number of nitrogens with zero attached hydrogens (tertiary/aromatic N) is 1. The molecule has 0 N–H and O–H groups in total. The van der Waals surface area contributed by atoms with Gasteiger partial charge in [0.1, 0.15) is 5.76 Å². The molecule has 0 radical (unpaired) electrons. The SMILES string of the molecule is O=C(c1ccc2c(c1)CCC2)N(Cc1ccccc1)Cc1ccco1. The van der Waals surface area contributed by atoms with Crippen molar-refractivity contribution in [3.8, 4) is 0 Å². The van der Waals surface area contributed by atoms with E-state index in [0.29, 0.717) is 13.1 Å². The molecule has 126 valence electrons. The standard InChI is InChI=1S/C22H21NO2/c24-22(20-12-11-18-8-4-9-19(18)14-20)23(16-21-10-5-13-25-21)15-17-6-2-1-3-7-17/h1-3,5-7,10-14H,4,8-9,15-16H2. The van der Waals surface area contributed by atoms with Gasteiger partial charge in [-0.05, 0) is 60.2 Å². The molecule has 0 fully saturated rings. The predicted molar refractivity (Wildman–Crippen MR) is 97.2 cm³/mol. The Bertz CT molecular complexity index is 853. The summed E-state index contributed by atoms with van der Waals surface area (Å²) in [5.41, 5.74) is 4.59. The van der Waals surface area contributed by atoms with Crippen LogP contribution in [0, 0.1) is 0 Å². The summed E-state index contributed by atoms with van der Waals surface area (Å²) >= 11 is 0. The average Bonchev–Trinajstić information content (AvgIpc) is 3.32. The molecule has 0 atom stereocenters. The van der Waals surface area contributed by atoms with Crippen molar-refractivity contribution in [3.05, 3.63) is 94.9 Å². The van der Waals surface area contributed by atoms with Crippen molar-refractivity contribution < 1.29 is 9.21 Å². The molecule has 3 aromatic rings. The number of hydrogen-bond acceptors (Lipinski definition) is 2. The lowest BCUT2D eigenvalue weighted by Crippen LogP contribution is -2.30. The molecule has 0 saturated carbocycles. The lowest BCUT2D eigenvalue weighted by Gasteiger charge is -2.22. The third-order valence-electron chi connectivity index (χ3n) is 4.78. The van der Waals surface area contributed by atoms with Crippen LogP contribution in [0.1, 0.15) is 39.2 Å². The highest BCUT2D eigenvalue weighted by Crippen LogP contribution is 2.24. The quantitative estimate of drug-likeness (QED) is 0.684. The second-order valence-electron chi connectivity index (χ2n) is 6.56. The summed E-state index contributed by atoms with van der Waals surface area (Å²) in [7, 11) is 0. The van der Waals surface area contributed by atoms with Crippen LogP contribution in [0.15, 0.2) is 71.3 Å². The molecule has 2 aromatic carbocycles. The summed E-state index contributed by atoms with van der Waals surface area (Å²) in [5, 5.41) is 0. The van der Waals surface area contributed by atoms with Gasteiger partial charge in [-0.3, -0.25) is 4.79 Å². The number of hydrogen-bond donors (Lipinski definition) is 0. The van der Waals surface area contributed by atoms with Crippen molar-refractivity contribution in [2.45, 2.75) is 32.4 Å². The molecular formula is C22H21NO2. The summed E-state index contributed by atoms with van der Waals surface area (Å²) in [6, 6.07) is 20.0. The van der Waals surface area contributed by atoms with E-state index in [4.69, 9.17) is 4.42 Å². The lowest BCUT2D eigenvalue weighted by atomic mass is 10.1. The molecule has 0 aliphatic heterocycles. The normalized spacial score (nSPS) is 12.8. The van der Waals surface area contributed by atoms with Crippen LogP contribution in [0.4, 0.5) is 0 Å². The second-order valence-corrected chi connectivity index (χ2v) is 6.56. The van der Waals surface area contributed by atoms with Gasteiger partial charge in [-0.15, -0.1) is 0 Å². The van der Waals surface area contributed by atoms with Crippen molar-refractivity contribution in [1.29, 1.82) is 0 Å². The maximum atomic E-state index is 13.2. The predicted octanol–water partition coefficient (Wildman–Crippen LogP) is 4.61. The van der Waals surface area contributed by atoms with Gasteiger partial charge in [0.05, 0.1) is 12.8 Å². The van der Waals surface area contributed by atoms with E-state index in [2.05, 4.69) is 12.1 Å². The van der Waals surface area contributed by atoms with Gasteiger partial charge in [0.2, 0.25) is 0 Å². The van der Waals surface area contributed by atoms with Crippen LogP contribution < -0.4 is 0 Å². The highest BCUT2D eigenvalue weighted by molar-refractivity contribution is 5.94. The van der Waals surface area contributed by atoms with Gasteiger partial charge in [0, 0.05) is 12.1 Å². The first-order valence-electron chi connectivity index (χ1n) is 8.77. The van der Waals surface area contributed by atoms with Gasteiger partial charge in [-0.2, -0.15) is 0 Å². The van der Waals surface area contributed by atoms with Crippen LogP contribution in [-0.4, -0.2) is 10.8 Å². The highest BCUT2D eigenvalue weighted by atomic mass is 16.3. The van der Waals surface area contributed by atoms with Gasteiger partial charge in [-0.25, -0.2) is 0 Å². The van der Waals surface area contributed by atoms with Gasteiger partial charge in [0.25, 0.3) is 5.91 Å². The first-order valence-corrected chi connectivity index (χ1v) is 8.77. The molecule has 0 bridgehead atoms. The van der Waals surface area contributed by atoms with Crippen LogP contribution in [0.25, 0.3) is 0 Å². The highest BCUT2D eigenvalue weighted by Gasteiger charge is 2.20. The van der Waals surface area contributed by atoms with Gasteiger partial charge in [0.15, 0.2) is 0 Å². The lowest BCUT2D eigenvalue weighted by molar-refractivity contribution is 0.0717. The van der Waals surface area contributed by atoms with Crippen molar-refractivity contribution in [1.82, 2.24) is 4.90 Å². The van der Waals surface area contributed by atoms with E-state index in [-0.39, 0.29) is 5.91 Å². The summed E-state index contributed by atoms with van der Waals surface area (Å²) in [4.78, 5) is 15.0. The Morgan fingerprint density at radius 3 is 2.56 bits per heavy atom.